The number of amides is 1. The molecule has 2 atom stereocenters. The van der Waals surface area contributed by atoms with E-state index in [1.807, 2.05) is 6.07 Å². The van der Waals surface area contributed by atoms with E-state index in [2.05, 4.69) is 18.9 Å². The fourth-order valence-corrected chi connectivity index (χ4v) is 4.41. The molecule has 23 heavy (non-hydrogen) atoms. The molecule has 1 saturated heterocycles. The molecule has 0 N–H and O–H groups in total. The van der Waals surface area contributed by atoms with E-state index in [4.69, 9.17) is 10.00 Å². The minimum atomic E-state index is -0.593. The molecule has 1 aliphatic heterocycles. The lowest BCUT2D eigenvalue weighted by atomic mass is 9.48. The minimum Gasteiger partial charge on any atom is -0.469 e. The van der Waals surface area contributed by atoms with Crippen LogP contribution in [0.3, 0.4) is 0 Å². The number of likely N-dealkylation sites (tertiary alicyclic amines) is 1. The van der Waals surface area contributed by atoms with Gasteiger partial charge in [-0.2, -0.15) is 10.4 Å². The quantitative estimate of drug-likeness (QED) is 0.758. The van der Waals surface area contributed by atoms with Gasteiger partial charge in [-0.3, -0.25) is 14.3 Å². The maximum atomic E-state index is 12.8. The van der Waals surface area contributed by atoms with E-state index in [-0.39, 0.29) is 28.9 Å². The highest BCUT2D eigenvalue weighted by Gasteiger charge is 2.68. The van der Waals surface area contributed by atoms with Crippen LogP contribution in [0.5, 0.6) is 0 Å². The van der Waals surface area contributed by atoms with Crippen molar-refractivity contribution in [1.82, 2.24) is 14.7 Å². The van der Waals surface area contributed by atoms with Gasteiger partial charge in [0.15, 0.2) is 5.69 Å². The Morgan fingerprint density at radius 3 is 2.70 bits per heavy atom. The summed E-state index contributed by atoms with van der Waals surface area (Å²) < 4.78 is 6.41. The fraction of sp³-hybridized carbons (Fsp3) is 0.625. The molecule has 2 aliphatic rings. The topological polar surface area (TPSA) is 88.2 Å². The molecule has 0 unspecified atom stereocenters. The largest absolute Gasteiger partial charge is 0.469 e. The Bertz CT molecular complexity index is 730. The molecule has 1 aromatic heterocycles. The number of aryl methyl sites for hydroxylation is 1. The van der Waals surface area contributed by atoms with Crippen molar-refractivity contribution >= 4 is 11.9 Å². The van der Waals surface area contributed by atoms with Crippen molar-refractivity contribution in [2.45, 2.75) is 20.3 Å². The minimum absolute atomic E-state index is 0.00743. The van der Waals surface area contributed by atoms with Crippen LogP contribution in [0.1, 0.15) is 36.5 Å². The van der Waals surface area contributed by atoms with Crippen LogP contribution in [0.25, 0.3) is 0 Å². The molecule has 7 nitrogen and oxygen atoms in total. The van der Waals surface area contributed by atoms with E-state index in [0.29, 0.717) is 18.8 Å². The number of esters is 1. The van der Waals surface area contributed by atoms with Crippen molar-refractivity contribution in [3.05, 3.63) is 17.5 Å². The zero-order valence-electron chi connectivity index (χ0n) is 13.8. The van der Waals surface area contributed by atoms with Crippen LogP contribution in [-0.2, 0) is 16.6 Å². The fourth-order valence-electron chi connectivity index (χ4n) is 4.41. The van der Waals surface area contributed by atoms with Gasteiger partial charge in [0.25, 0.3) is 5.91 Å². The molecule has 1 amide bonds. The summed E-state index contributed by atoms with van der Waals surface area (Å²) in [6, 6.07) is 3.42. The number of nitrogens with zero attached hydrogens (tertiary/aromatic N) is 4. The van der Waals surface area contributed by atoms with E-state index < -0.39 is 5.41 Å². The number of nitriles is 1. The summed E-state index contributed by atoms with van der Waals surface area (Å²) in [5.41, 5.74) is -0.0142. The number of hydrogen-bond donors (Lipinski definition) is 0. The molecule has 0 spiro atoms. The first-order chi connectivity index (χ1) is 10.7. The van der Waals surface area contributed by atoms with Gasteiger partial charge >= 0.3 is 5.97 Å². The molecule has 1 saturated carbocycles. The molecular weight excluding hydrogens is 296 g/mol. The third kappa shape index (κ3) is 2.05. The Morgan fingerprint density at radius 2 is 2.17 bits per heavy atom. The molecular formula is C16H20N4O3. The van der Waals surface area contributed by atoms with Gasteiger partial charge in [-0.15, -0.1) is 0 Å². The summed E-state index contributed by atoms with van der Waals surface area (Å²) in [7, 11) is 3.03. The molecule has 0 bridgehead atoms. The SMILES string of the molecule is COC(=O)[C@@]12CN(C(=O)c3cc(C#N)nn3C)C[C@@H]1C(C)(C)C2. The van der Waals surface area contributed by atoms with Gasteiger partial charge in [0.1, 0.15) is 11.8 Å². The zero-order valence-corrected chi connectivity index (χ0v) is 13.8. The number of carbonyl (C=O) groups excluding carboxylic acids is 2. The van der Waals surface area contributed by atoms with Gasteiger partial charge in [0.05, 0.1) is 12.5 Å². The van der Waals surface area contributed by atoms with Crippen LogP contribution in [0.15, 0.2) is 6.07 Å². The van der Waals surface area contributed by atoms with Crippen LogP contribution < -0.4 is 0 Å². The van der Waals surface area contributed by atoms with Crippen molar-refractivity contribution in [3.8, 4) is 6.07 Å². The third-order valence-corrected chi connectivity index (χ3v) is 5.35. The highest BCUT2D eigenvalue weighted by molar-refractivity contribution is 5.94. The number of fused-ring (bicyclic) bond motifs is 1. The standard InChI is InChI=1S/C16H20N4O3/c1-15(2)8-16(14(22)23-4)9-20(7-12(15)16)13(21)11-5-10(6-17)18-19(11)3/h5,12H,7-9H2,1-4H3/t12-,16+/m1/s1. The molecule has 122 valence electrons. The lowest BCUT2D eigenvalue weighted by Gasteiger charge is -2.54. The Labute approximate surface area is 134 Å². The molecule has 1 aromatic rings. The first-order valence-electron chi connectivity index (χ1n) is 7.57. The maximum Gasteiger partial charge on any atom is 0.314 e. The monoisotopic (exact) mass is 316 g/mol. The number of ether oxygens (including phenoxy) is 1. The van der Waals surface area contributed by atoms with Crippen LogP contribution >= 0.6 is 0 Å². The number of hydrogen-bond acceptors (Lipinski definition) is 5. The van der Waals surface area contributed by atoms with Gasteiger partial charge in [-0.25, -0.2) is 0 Å². The van der Waals surface area contributed by atoms with E-state index in [9.17, 15) is 9.59 Å². The summed E-state index contributed by atoms with van der Waals surface area (Å²) in [6.07, 6.45) is 0.718. The summed E-state index contributed by atoms with van der Waals surface area (Å²) in [4.78, 5) is 26.8. The number of aromatic nitrogens is 2. The van der Waals surface area contributed by atoms with Crippen molar-refractivity contribution < 1.29 is 14.3 Å². The van der Waals surface area contributed by atoms with Crippen molar-refractivity contribution in [3.63, 3.8) is 0 Å². The Kier molecular flexibility index (Phi) is 3.25. The first-order valence-corrected chi connectivity index (χ1v) is 7.57. The van der Waals surface area contributed by atoms with Crippen LogP contribution in [-0.4, -0.2) is 46.8 Å². The van der Waals surface area contributed by atoms with Gasteiger partial charge in [0.2, 0.25) is 0 Å². The highest BCUT2D eigenvalue weighted by Crippen LogP contribution is 2.63. The molecule has 0 radical (unpaired) electrons. The second-order valence-electron chi connectivity index (χ2n) is 7.20. The van der Waals surface area contributed by atoms with Crippen molar-refractivity contribution in [2.75, 3.05) is 20.2 Å². The van der Waals surface area contributed by atoms with Crippen molar-refractivity contribution in [1.29, 1.82) is 5.26 Å². The summed E-state index contributed by atoms with van der Waals surface area (Å²) >= 11 is 0. The molecule has 2 fully saturated rings. The van der Waals surface area contributed by atoms with Crippen LogP contribution in [0, 0.1) is 28.1 Å². The average Bonchev–Trinajstić information content (AvgIpc) is 3.04. The first kappa shape index (κ1) is 15.5. The van der Waals surface area contributed by atoms with Gasteiger partial charge < -0.3 is 9.64 Å². The van der Waals surface area contributed by atoms with Crippen molar-refractivity contribution in [2.24, 2.45) is 23.8 Å². The molecule has 7 heteroatoms. The van der Waals surface area contributed by atoms with Crippen LogP contribution in [0.2, 0.25) is 0 Å². The van der Waals surface area contributed by atoms with Gasteiger partial charge in [0, 0.05) is 26.2 Å². The number of methoxy groups -OCH3 is 1. The maximum absolute atomic E-state index is 12.8. The molecule has 1 aliphatic carbocycles. The van der Waals surface area contributed by atoms with E-state index in [1.165, 1.54) is 17.9 Å². The Hall–Kier alpha value is -2.36. The summed E-state index contributed by atoms with van der Waals surface area (Å²) in [5, 5.41) is 12.9. The second-order valence-corrected chi connectivity index (χ2v) is 7.20. The average molecular weight is 316 g/mol. The number of carbonyl (C=O) groups is 2. The van der Waals surface area contributed by atoms with E-state index >= 15 is 0 Å². The van der Waals surface area contributed by atoms with E-state index in [1.54, 1.807) is 11.9 Å². The lowest BCUT2D eigenvalue weighted by Crippen LogP contribution is -2.57. The van der Waals surface area contributed by atoms with Gasteiger partial charge in [-0.1, -0.05) is 13.8 Å². The Balaban J connectivity index is 1.88. The lowest BCUT2D eigenvalue weighted by molar-refractivity contribution is -0.174. The normalized spacial score (nSPS) is 27.8. The van der Waals surface area contributed by atoms with Gasteiger partial charge in [-0.05, 0) is 17.8 Å². The molecule has 0 aromatic carbocycles. The summed E-state index contributed by atoms with van der Waals surface area (Å²) in [6.45, 7) is 5.11. The summed E-state index contributed by atoms with van der Waals surface area (Å²) in [5.74, 6) is -0.343. The van der Waals surface area contributed by atoms with Crippen LogP contribution in [0.4, 0.5) is 0 Å². The number of rotatable bonds is 2. The molecule has 3 rings (SSSR count). The molecule has 2 heterocycles. The third-order valence-electron chi connectivity index (χ3n) is 5.35. The van der Waals surface area contributed by atoms with E-state index in [0.717, 1.165) is 6.42 Å². The zero-order chi connectivity index (χ0) is 17.0. The smallest absolute Gasteiger partial charge is 0.314 e. The Morgan fingerprint density at radius 1 is 1.48 bits per heavy atom. The highest BCUT2D eigenvalue weighted by atomic mass is 16.5. The second kappa shape index (κ2) is 4.82. The predicted octanol–water partition coefficient (Wildman–Crippen LogP) is 0.953. The predicted molar refractivity (Wildman–Crippen MR) is 80.2 cm³/mol.